The second-order valence-corrected chi connectivity index (χ2v) is 4.28. The summed E-state index contributed by atoms with van der Waals surface area (Å²) < 4.78 is 2.46. The van der Waals surface area contributed by atoms with Gasteiger partial charge in [-0.3, -0.25) is 0 Å². The zero-order valence-electron chi connectivity index (χ0n) is 8.87. The van der Waals surface area contributed by atoms with Gasteiger partial charge in [0, 0.05) is 17.6 Å². The quantitative estimate of drug-likeness (QED) is 0.790. The normalized spacial score (nSPS) is 14.7. The molecule has 0 aliphatic carbocycles. The van der Waals surface area contributed by atoms with Crippen LogP contribution in [-0.2, 0) is 19.4 Å². The van der Waals surface area contributed by atoms with E-state index in [2.05, 4.69) is 28.8 Å². The number of aromatic nitrogens is 1. The molecule has 3 rings (SSSR count). The van der Waals surface area contributed by atoms with Crippen molar-refractivity contribution >= 4 is 10.9 Å². The summed E-state index contributed by atoms with van der Waals surface area (Å²) in [6, 6.07) is 8.93. The molecule has 78 valence electrons. The SMILES string of the molecule is NCCc1cc2cccc3c2n1CCC3. The zero-order valence-corrected chi connectivity index (χ0v) is 8.87. The lowest BCUT2D eigenvalue weighted by Crippen LogP contribution is -2.13. The summed E-state index contributed by atoms with van der Waals surface area (Å²) in [5.74, 6) is 0. The number of benzene rings is 1. The molecule has 0 amide bonds. The molecule has 15 heavy (non-hydrogen) atoms. The number of aryl methyl sites for hydroxylation is 2. The third kappa shape index (κ3) is 1.29. The van der Waals surface area contributed by atoms with Gasteiger partial charge in [-0.1, -0.05) is 18.2 Å². The van der Waals surface area contributed by atoms with E-state index in [1.54, 1.807) is 0 Å². The average molecular weight is 200 g/mol. The lowest BCUT2D eigenvalue weighted by molar-refractivity contribution is 0.611. The van der Waals surface area contributed by atoms with Crippen LogP contribution in [0.2, 0.25) is 0 Å². The maximum atomic E-state index is 5.65. The van der Waals surface area contributed by atoms with Crippen LogP contribution in [0.1, 0.15) is 17.7 Å². The highest BCUT2D eigenvalue weighted by atomic mass is 15.0. The van der Waals surface area contributed by atoms with Crippen molar-refractivity contribution in [2.24, 2.45) is 5.73 Å². The molecule has 0 radical (unpaired) electrons. The molecule has 0 saturated heterocycles. The molecule has 2 heteroatoms. The number of hydrogen-bond acceptors (Lipinski definition) is 1. The van der Waals surface area contributed by atoms with Crippen molar-refractivity contribution in [1.82, 2.24) is 4.57 Å². The Bertz CT molecular complexity index is 496. The monoisotopic (exact) mass is 200 g/mol. The summed E-state index contributed by atoms with van der Waals surface area (Å²) in [5.41, 5.74) is 10.0. The molecule has 2 N–H and O–H groups in total. The predicted molar refractivity (Wildman–Crippen MR) is 63.0 cm³/mol. The minimum Gasteiger partial charge on any atom is -0.344 e. The van der Waals surface area contributed by atoms with E-state index >= 15 is 0 Å². The minimum absolute atomic E-state index is 0.742. The van der Waals surface area contributed by atoms with Crippen LogP contribution in [0.4, 0.5) is 0 Å². The van der Waals surface area contributed by atoms with Gasteiger partial charge in [-0.2, -0.15) is 0 Å². The Hall–Kier alpha value is -1.28. The van der Waals surface area contributed by atoms with Crippen molar-refractivity contribution in [3.05, 3.63) is 35.5 Å². The van der Waals surface area contributed by atoms with E-state index in [4.69, 9.17) is 5.73 Å². The average Bonchev–Trinajstić information content (AvgIpc) is 2.61. The summed E-state index contributed by atoms with van der Waals surface area (Å²) in [5, 5.41) is 1.38. The molecule has 1 aliphatic heterocycles. The smallest absolute Gasteiger partial charge is 0.0515 e. The van der Waals surface area contributed by atoms with Crippen LogP contribution in [0.25, 0.3) is 10.9 Å². The fraction of sp³-hybridized carbons (Fsp3) is 0.385. The van der Waals surface area contributed by atoms with Crippen molar-refractivity contribution in [3.8, 4) is 0 Å². The molecule has 0 bridgehead atoms. The molecular formula is C13H16N2. The Morgan fingerprint density at radius 2 is 2.27 bits per heavy atom. The lowest BCUT2D eigenvalue weighted by atomic mass is 10.0. The molecule has 0 fully saturated rings. The van der Waals surface area contributed by atoms with Gasteiger partial charge in [0.05, 0.1) is 5.52 Å². The molecule has 2 nitrogen and oxygen atoms in total. The van der Waals surface area contributed by atoms with E-state index in [9.17, 15) is 0 Å². The molecule has 1 aromatic heterocycles. The number of para-hydroxylation sites is 1. The van der Waals surface area contributed by atoms with Gasteiger partial charge in [0.25, 0.3) is 0 Å². The molecule has 1 aliphatic rings. The highest BCUT2D eigenvalue weighted by molar-refractivity contribution is 5.85. The maximum absolute atomic E-state index is 5.65. The van der Waals surface area contributed by atoms with Crippen LogP contribution < -0.4 is 5.73 Å². The maximum Gasteiger partial charge on any atom is 0.0515 e. The largest absolute Gasteiger partial charge is 0.344 e. The Balaban J connectivity index is 2.28. The van der Waals surface area contributed by atoms with E-state index in [1.807, 2.05) is 0 Å². The Kier molecular flexibility index (Phi) is 2.03. The van der Waals surface area contributed by atoms with Crippen molar-refractivity contribution < 1.29 is 0 Å². The van der Waals surface area contributed by atoms with Crippen molar-refractivity contribution in [2.45, 2.75) is 25.8 Å². The molecule has 2 heterocycles. The fourth-order valence-electron chi connectivity index (χ4n) is 2.70. The summed E-state index contributed by atoms with van der Waals surface area (Å²) >= 11 is 0. The van der Waals surface area contributed by atoms with Gasteiger partial charge < -0.3 is 10.3 Å². The predicted octanol–water partition coefficient (Wildman–Crippen LogP) is 2.09. The first-order valence-corrected chi connectivity index (χ1v) is 5.70. The Labute approximate surface area is 89.7 Å². The van der Waals surface area contributed by atoms with Gasteiger partial charge in [-0.05, 0) is 37.4 Å². The summed E-state index contributed by atoms with van der Waals surface area (Å²) in [6.45, 7) is 1.90. The molecule has 1 aromatic carbocycles. The van der Waals surface area contributed by atoms with Crippen molar-refractivity contribution in [2.75, 3.05) is 6.54 Å². The van der Waals surface area contributed by atoms with E-state index in [1.165, 1.54) is 35.0 Å². The van der Waals surface area contributed by atoms with Gasteiger partial charge >= 0.3 is 0 Å². The fourth-order valence-corrected chi connectivity index (χ4v) is 2.70. The molecule has 2 aromatic rings. The number of nitrogens with two attached hydrogens (primary N) is 1. The number of hydrogen-bond donors (Lipinski definition) is 1. The summed E-state index contributed by atoms with van der Waals surface area (Å²) in [7, 11) is 0. The third-order valence-electron chi connectivity index (χ3n) is 3.32. The van der Waals surface area contributed by atoms with Crippen molar-refractivity contribution in [1.29, 1.82) is 0 Å². The zero-order chi connectivity index (χ0) is 10.3. The van der Waals surface area contributed by atoms with E-state index in [0.717, 1.165) is 19.5 Å². The van der Waals surface area contributed by atoms with Gasteiger partial charge in [0.1, 0.15) is 0 Å². The standard InChI is InChI=1S/C13H16N2/c14-7-6-12-9-11-4-1-3-10-5-2-8-15(12)13(10)11/h1,3-4,9H,2,5-8,14H2. The van der Waals surface area contributed by atoms with Crippen LogP contribution in [-0.4, -0.2) is 11.1 Å². The first-order valence-electron chi connectivity index (χ1n) is 5.70. The first kappa shape index (κ1) is 8.98. The molecule has 0 saturated carbocycles. The second kappa shape index (κ2) is 3.38. The van der Waals surface area contributed by atoms with Gasteiger partial charge in [0.15, 0.2) is 0 Å². The number of nitrogens with zero attached hydrogens (tertiary/aromatic N) is 1. The first-order chi connectivity index (χ1) is 7.40. The molecular weight excluding hydrogens is 184 g/mol. The van der Waals surface area contributed by atoms with Gasteiger partial charge in [0.2, 0.25) is 0 Å². The van der Waals surface area contributed by atoms with E-state index in [0.29, 0.717) is 0 Å². The summed E-state index contributed by atoms with van der Waals surface area (Å²) in [6.07, 6.45) is 3.48. The van der Waals surface area contributed by atoms with Crippen LogP contribution in [0.15, 0.2) is 24.3 Å². The second-order valence-electron chi connectivity index (χ2n) is 4.28. The lowest BCUT2D eigenvalue weighted by Gasteiger charge is -2.17. The third-order valence-corrected chi connectivity index (χ3v) is 3.32. The van der Waals surface area contributed by atoms with Crippen LogP contribution in [0.3, 0.4) is 0 Å². The minimum atomic E-state index is 0.742. The Morgan fingerprint density at radius 1 is 1.33 bits per heavy atom. The topological polar surface area (TPSA) is 30.9 Å². The van der Waals surface area contributed by atoms with Gasteiger partial charge in [-0.25, -0.2) is 0 Å². The van der Waals surface area contributed by atoms with Gasteiger partial charge in [-0.15, -0.1) is 0 Å². The molecule has 0 unspecified atom stereocenters. The van der Waals surface area contributed by atoms with Crippen LogP contribution in [0.5, 0.6) is 0 Å². The van der Waals surface area contributed by atoms with E-state index < -0.39 is 0 Å². The Morgan fingerprint density at radius 3 is 3.13 bits per heavy atom. The van der Waals surface area contributed by atoms with E-state index in [-0.39, 0.29) is 0 Å². The van der Waals surface area contributed by atoms with Crippen LogP contribution in [0, 0.1) is 0 Å². The highest BCUT2D eigenvalue weighted by Crippen LogP contribution is 2.28. The number of rotatable bonds is 2. The summed E-state index contributed by atoms with van der Waals surface area (Å²) in [4.78, 5) is 0. The van der Waals surface area contributed by atoms with Crippen molar-refractivity contribution in [3.63, 3.8) is 0 Å². The molecule has 0 atom stereocenters. The molecule has 0 spiro atoms. The van der Waals surface area contributed by atoms with Crippen LogP contribution >= 0.6 is 0 Å². The highest BCUT2D eigenvalue weighted by Gasteiger charge is 2.15.